The molecule has 20 heteroatoms. The van der Waals surface area contributed by atoms with Gasteiger partial charge in [0.25, 0.3) is 0 Å². The monoisotopic (exact) mass is 1730 g/mol. The number of aromatic nitrogens is 12. The molecule has 8 heterocycles. The van der Waals surface area contributed by atoms with E-state index in [0.29, 0.717) is 46.6 Å². The average Bonchev–Trinajstić information content (AvgIpc) is 1.61. The molecule has 0 aliphatic heterocycles. The summed E-state index contributed by atoms with van der Waals surface area (Å²) in [5.41, 5.74) is 22.5. The van der Waals surface area contributed by atoms with Crippen molar-refractivity contribution in [2.45, 2.75) is 0 Å². The highest BCUT2D eigenvalue weighted by Crippen LogP contribution is 2.42. The lowest BCUT2D eigenvalue weighted by Crippen LogP contribution is -1.97. The van der Waals surface area contributed by atoms with Crippen LogP contribution in [0.1, 0.15) is 0 Å². The van der Waals surface area contributed by atoms with Crippen molar-refractivity contribution >= 4 is 134 Å². The summed E-state index contributed by atoms with van der Waals surface area (Å²) < 4.78 is 24.3. The molecule has 24 rings (SSSR count). The van der Waals surface area contributed by atoms with E-state index in [0.717, 1.165) is 177 Å². The van der Waals surface area contributed by atoms with E-state index in [1.807, 2.05) is 261 Å². The molecule has 0 spiro atoms. The molecule has 128 heavy (non-hydrogen) atoms. The molecule has 24 aromatic rings. The summed E-state index contributed by atoms with van der Waals surface area (Å²) in [5, 5.41) is 9.50. The lowest BCUT2D eigenvalue weighted by Gasteiger charge is -2.08. The summed E-state index contributed by atoms with van der Waals surface area (Å²) in [6.07, 6.45) is 0. The summed E-state index contributed by atoms with van der Waals surface area (Å²) >= 11 is 25.0. The van der Waals surface area contributed by atoms with E-state index in [-0.39, 0.29) is 21.1 Å². The number of para-hydroxylation sites is 5. The van der Waals surface area contributed by atoms with E-state index in [4.69, 9.17) is 64.1 Å². The molecule has 0 atom stereocenters. The molecule has 0 amide bonds. The van der Waals surface area contributed by atoms with Gasteiger partial charge in [0.1, 0.15) is 44.7 Å². The quantitative estimate of drug-likeness (QED) is 0.111. The molecule has 0 saturated heterocycles. The topological polar surface area (TPSA) is 207 Å². The molecule has 16 nitrogen and oxygen atoms in total. The Kier molecular flexibility index (Phi) is 21.6. The first-order valence-corrected chi connectivity index (χ1v) is 42.5. The maximum absolute atomic E-state index is 6.26. The number of rotatable bonds is 12. The van der Waals surface area contributed by atoms with Gasteiger partial charge in [-0.25, -0.2) is 19.9 Å². The van der Waals surface area contributed by atoms with Gasteiger partial charge in [0.05, 0.1) is 0 Å². The van der Waals surface area contributed by atoms with Crippen molar-refractivity contribution in [3.63, 3.8) is 0 Å². The number of halogens is 4. The lowest BCUT2D eigenvalue weighted by molar-refractivity contribution is 0.668. The Morgan fingerprint density at radius 3 is 0.875 bits per heavy atom. The Morgan fingerprint density at radius 2 is 0.414 bits per heavy atom. The van der Waals surface area contributed by atoms with Gasteiger partial charge in [-0.2, -0.15) is 39.9 Å². The lowest BCUT2D eigenvalue weighted by atomic mass is 9.98. The van der Waals surface area contributed by atoms with E-state index in [9.17, 15) is 0 Å². The standard InChI is InChI=1S/4C27H16ClN3O/c28-27-30-25(17-8-2-1-3-9-17)29-26(31-27)19-11-6-10-18(16-19)20-13-7-14-22-21-12-4-5-15-23(21)32-24(20)22;28-27-30-25(17-8-2-1-3-9-17)29-26(31-27)19-11-6-10-18(16-19)20-13-7-15-23-24(20)21-12-4-5-14-22(21)32-23;28-27-30-25(17-7-2-1-3-8-17)29-26(31-27)20-10-6-9-18(15-20)19-13-14-24-22(16-19)21-11-4-5-12-23(21)32-24;28-27-30-25(17-7-2-1-3-8-17)29-26(31-27)20-10-6-9-18(15-20)19-13-14-22-21-11-4-5-12-23(21)32-24(22)16-19/h4*1-16H. The number of fused-ring (bicyclic) bond motifs is 12. The van der Waals surface area contributed by atoms with Crippen LogP contribution in [0.3, 0.4) is 0 Å². The fraction of sp³-hybridized carbons (Fsp3) is 0. The zero-order valence-corrected chi connectivity index (χ0v) is 70.5. The molecule has 0 radical (unpaired) electrons. The van der Waals surface area contributed by atoms with Crippen molar-refractivity contribution in [1.82, 2.24) is 59.8 Å². The van der Waals surface area contributed by atoms with E-state index < -0.39 is 0 Å². The van der Waals surface area contributed by atoms with Gasteiger partial charge in [0.15, 0.2) is 46.6 Å². The summed E-state index contributed by atoms with van der Waals surface area (Å²) in [5.74, 6) is 4.35. The predicted molar refractivity (Wildman–Crippen MR) is 514 cm³/mol. The Labute approximate surface area is 751 Å². The molecule has 8 aromatic heterocycles. The third-order valence-corrected chi connectivity index (χ3v) is 22.6. The van der Waals surface area contributed by atoms with Crippen LogP contribution in [0.4, 0.5) is 0 Å². The zero-order chi connectivity index (χ0) is 86.0. The third kappa shape index (κ3) is 16.4. The Bertz CT molecular complexity index is 8280. The van der Waals surface area contributed by atoms with E-state index in [1.165, 1.54) is 0 Å². The van der Waals surface area contributed by atoms with Crippen molar-refractivity contribution < 1.29 is 17.7 Å². The van der Waals surface area contributed by atoms with E-state index >= 15 is 0 Å². The zero-order valence-electron chi connectivity index (χ0n) is 67.5. The van der Waals surface area contributed by atoms with Gasteiger partial charge in [-0.05, 0) is 164 Å². The SMILES string of the molecule is Clc1nc(-c2ccccc2)nc(-c2cccc(-c3ccc4c(c3)oc3ccccc34)c2)n1.Clc1nc(-c2ccccc2)nc(-c2cccc(-c3ccc4oc5ccccc5c4c3)c2)n1.Clc1nc(-c2ccccc2)nc(-c2cccc(-c3cccc4c3oc3ccccc34)c2)n1.Clc1nc(-c2ccccc2)nc(-c2cccc(-c3cccc4oc5ccccc5c34)c2)n1. The molecule has 0 bridgehead atoms. The second-order valence-electron chi connectivity index (χ2n) is 30.0. The number of hydrogen-bond donors (Lipinski definition) is 0. The number of hydrogen-bond acceptors (Lipinski definition) is 16. The molecular formula is C108H64Cl4N12O4. The molecule has 16 aromatic carbocycles. The summed E-state index contributed by atoms with van der Waals surface area (Å²) in [4.78, 5) is 53.4. The fourth-order valence-corrected chi connectivity index (χ4v) is 16.6. The molecule has 0 aliphatic rings. The predicted octanol–water partition coefficient (Wildman–Crippen LogP) is 29.7. The molecule has 0 aliphatic carbocycles. The smallest absolute Gasteiger partial charge is 0.226 e. The van der Waals surface area contributed by atoms with Crippen molar-refractivity contribution in [2.24, 2.45) is 0 Å². The highest BCUT2D eigenvalue weighted by molar-refractivity contribution is 6.29. The van der Waals surface area contributed by atoms with Gasteiger partial charge in [0, 0.05) is 93.2 Å². The number of nitrogens with zero attached hydrogens (tertiary/aromatic N) is 12. The molecule has 0 N–H and O–H groups in total. The van der Waals surface area contributed by atoms with Crippen LogP contribution in [-0.2, 0) is 0 Å². The second-order valence-corrected chi connectivity index (χ2v) is 31.3. The second kappa shape index (κ2) is 34.9. The van der Waals surface area contributed by atoms with Crippen molar-refractivity contribution in [1.29, 1.82) is 0 Å². The average molecular weight is 1740 g/mol. The van der Waals surface area contributed by atoms with Gasteiger partial charge >= 0.3 is 0 Å². The minimum absolute atomic E-state index is 0.165. The first-order valence-electron chi connectivity index (χ1n) is 41.0. The molecule has 0 fully saturated rings. The normalized spacial score (nSPS) is 11.3. The largest absolute Gasteiger partial charge is 0.456 e. The van der Waals surface area contributed by atoms with E-state index in [2.05, 4.69) is 187 Å². The van der Waals surface area contributed by atoms with Gasteiger partial charge in [-0.1, -0.05) is 309 Å². The minimum Gasteiger partial charge on any atom is -0.456 e. The van der Waals surface area contributed by atoms with Crippen LogP contribution in [0.15, 0.2) is 406 Å². The number of benzene rings is 16. The van der Waals surface area contributed by atoms with Crippen LogP contribution in [0.2, 0.25) is 21.1 Å². The van der Waals surface area contributed by atoms with Gasteiger partial charge in [-0.3, -0.25) is 0 Å². The van der Waals surface area contributed by atoms with Crippen LogP contribution in [0.5, 0.6) is 0 Å². The van der Waals surface area contributed by atoms with Gasteiger partial charge < -0.3 is 17.7 Å². The summed E-state index contributed by atoms with van der Waals surface area (Å²) in [6.45, 7) is 0. The van der Waals surface area contributed by atoms with Crippen LogP contribution >= 0.6 is 46.4 Å². The van der Waals surface area contributed by atoms with Gasteiger partial charge in [-0.15, -0.1) is 0 Å². The van der Waals surface area contributed by atoms with Crippen molar-refractivity contribution in [3.05, 3.63) is 409 Å². The highest BCUT2D eigenvalue weighted by atomic mass is 35.5. The van der Waals surface area contributed by atoms with Gasteiger partial charge in [0.2, 0.25) is 21.1 Å². The molecule has 0 unspecified atom stereocenters. The minimum atomic E-state index is 0.165. The van der Waals surface area contributed by atoms with Crippen molar-refractivity contribution in [3.8, 4) is 136 Å². The third-order valence-electron chi connectivity index (χ3n) is 21.9. The summed E-state index contributed by atoms with van der Waals surface area (Å²) in [7, 11) is 0. The van der Waals surface area contributed by atoms with E-state index in [1.54, 1.807) is 0 Å². The first kappa shape index (κ1) is 79.1. The first-order chi connectivity index (χ1) is 63.0. The Hall–Kier alpha value is -16.1. The Balaban J connectivity index is 0.000000104. The molecule has 0 saturated carbocycles. The van der Waals surface area contributed by atoms with Crippen LogP contribution in [-0.4, -0.2) is 59.8 Å². The van der Waals surface area contributed by atoms with Crippen LogP contribution in [0.25, 0.3) is 223 Å². The highest BCUT2D eigenvalue weighted by Gasteiger charge is 2.21. The Morgan fingerprint density at radius 1 is 0.148 bits per heavy atom. The van der Waals surface area contributed by atoms with Crippen molar-refractivity contribution in [2.75, 3.05) is 0 Å². The van der Waals surface area contributed by atoms with Crippen LogP contribution in [0, 0.1) is 0 Å². The summed E-state index contributed by atoms with van der Waals surface area (Å²) in [6, 6.07) is 129. The maximum Gasteiger partial charge on any atom is 0.226 e. The number of furan rings is 4. The fourth-order valence-electron chi connectivity index (χ4n) is 15.9. The van der Waals surface area contributed by atoms with Crippen LogP contribution < -0.4 is 0 Å². The maximum atomic E-state index is 6.26. The molecule has 608 valence electrons. The molecular weight excluding hydrogens is 1670 g/mol.